The SMILES string of the molecule is CC(NC(=O)C(C)(C)C)C(=O)N1CCN(CC(=O)NC2CC2)CC1. The average molecular weight is 338 g/mol. The van der Waals surface area contributed by atoms with Gasteiger partial charge in [-0.3, -0.25) is 19.3 Å². The summed E-state index contributed by atoms with van der Waals surface area (Å²) in [6, 6.07) is -0.144. The molecule has 1 saturated heterocycles. The topological polar surface area (TPSA) is 81.8 Å². The Balaban J connectivity index is 1.73. The number of rotatable bonds is 5. The van der Waals surface area contributed by atoms with E-state index in [1.807, 2.05) is 20.8 Å². The van der Waals surface area contributed by atoms with E-state index in [2.05, 4.69) is 15.5 Å². The van der Waals surface area contributed by atoms with Crippen molar-refractivity contribution in [3.8, 4) is 0 Å². The van der Waals surface area contributed by atoms with Gasteiger partial charge in [-0.15, -0.1) is 0 Å². The maximum Gasteiger partial charge on any atom is 0.244 e. The van der Waals surface area contributed by atoms with Crippen LogP contribution in [0.2, 0.25) is 0 Å². The number of piperazine rings is 1. The quantitative estimate of drug-likeness (QED) is 0.737. The van der Waals surface area contributed by atoms with Crippen molar-refractivity contribution in [2.24, 2.45) is 5.41 Å². The van der Waals surface area contributed by atoms with Crippen LogP contribution in [-0.4, -0.2) is 72.3 Å². The van der Waals surface area contributed by atoms with Crippen LogP contribution >= 0.6 is 0 Å². The molecule has 0 aromatic carbocycles. The molecular formula is C17H30N4O3. The van der Waals surface area contributed by atoms with Gasteiger partial charge in [0.05, 0.1) is 6.54 Å². The van der Waals surface area contributed by atoms with Crippen LogP contribution in [0, 0.1) is 5.41 Å². The Bertz CT molecular complexity index is 489. The van der Waals surface area contributed by atoms with E-state index in [0.29, 0.717) is 38.8 Å². The molecule has 136 valence electrons. The van der Waals surface area contributed by atoms with Crippen LogP contribution in [0.25, 0.3) is 0 Å². The summed E-state index contributed by atoms with van der Waals surface area (Å²) in [7, 11) is 0. The number of amides is 3. The third-order valence-electron chi connectivity index (χ3n) is 4.39. The summed E-state index contributed by atoms with van der Waals surface area (Å²) in [5, 5.41) is 5.76. The maximum absolute atomic E-state index is 12.5. The molecule has 2 N–H and O–H groups in total. The molecule has 1 atom stereocenters. The summed E-state index contributed by atoms with van der Waals surface area (Å²) < 4.78 is 0. The van der Waals surface area contributed by atoms with Gasteiger partial charge in [-0.25, -0.2) is 0 Å². The van der Waals surface area contributed by atoms with Crippen molar-refractivity contribution in [3.05, 3.63) is 0 Å². The predicted molar refractivity (Wildman–Crippen MR) is 91.2 cm³/mol. The number of nitrogens with one attached hydrogen (secondary N) is 2. The fourth-order valence-corrected chi connectivity index (χ4v) is 2.58. The Hall–Kier alpha value is -1.63. The summed E-state index contributed by atoms with van der Waals surface area (Å²) in [5.41, 5.74) is -0.512. The van der Waals surface area contributed by atoms with Crippen molar-refractivity contribution in [3.63, 3.8) is 0 Å². The minimum Gasteiger partial charge on any atom is -0.352 e. The minimum atomic E-state index is -0.526. The van der Waals surface area contributed by atoms with Gasteiger partial charge in [0.2, 0.25) is 17.7 Å². The molecule has 1 saturated carbocycles. The van der Waals surface area contributed by atoms with Gasteiger partial charge >= 0.3 is 0 Å². The monoisotopic (exact) mass is 338 g/mol. The van der Waals surface area contributed by atoms with Crippen LogP contribution in [0.3, 0.4) is 0 Å². The Morgan fingerprint density at radius 3 is 2.17 bits per heavy atom. The number of carbonyl (C=O) groups is 3. The van der Waals surface area contributed by atoms with Crippen LogP contribution < -0.4 is 10.6 Å². The van der Waals surface area contributed by atoms with Crippen LogP contribution in [0.15, 0.2) is 0 Å². The maximum atomic E-state index is 12.5. The largest absolute Gasteiger partial charge is 0.352 e. The Morgan fingerprint density at radius 1 is 1.08 bits per heavy atom. The first-order valence-corrected chi connectivity index (χ1v) is 8.78. The third-order valence-corrected chi connectivity index (χ3v) is 4.39. The van der Waals surface area contributed by atoms with E-state index in [1.165, 1.54) is 0 Å². The molecule has 2 rings (SSSR count). The van der Waals surface area contributed by atoms with Gasteiger partial charge in [-0.1, -0.05) is 20.8 Å². The van der Waals surface area contributed by atoms with Crippen molar-refractivity contribution < 1.29 is 14.4 Å². The van der Waals surface area contributed by atoms with E-state index in [1.54, 1.807) is 11.8 Å². The molecule has 7 nitrogen and oxygen atoms in total. The summed E-state index contributed by atoms with van der Waals surface area (Å²) in [6.45, 7) is 10.1. The van der Waals surface area contributed by atoms with Crippen molar-refractivity contribution >= 4 is 17.7 Å². The normalized spacial score (nSPS) is 20.4. The number of hydrogen-bond acceptors (Lipinski definition) is 4. The van der Waals surface area contributed by atoms with E-state index >= 15 is 0 Å². The van der Waals surface area contributed by atoms with Crippen LogP contribution in [-0.2, 0) is 14.4 Å². The molecule has 0 aromatic heterocycles. The molecule has 0 radical (unpaired) electrons. The molecule has 0 aromatic rings. The van der Waals surface area contributed by atoms with Gasteiger partial charge in [0, 0.05) is 37.6 Å². The Labute approximate surface area is 144 Å². The molecule has 24 heavy (non-hydrogen) atoms. The van der Waals surface area contributed by atoms with Crippen LogP contribution in [0.4, 0.5) is 0 Å². The molecule has 1 aliphatic carbocycles. The predicted octanol–water partition coefficient (Wildman–Crippen LogP) is -0.0400. The zero-order valence-corrected chi connectivity index (χ0v) is 15.2. The zero-order valence-electron chi connectivity index (χ0n) is 15.2. The van der Waals surface area contributed by atoms with E-state index in [4.69, 9.17) is 0 Å². The van der Waals surface area contributed by atoms with Crippen molar-refractivity contribution in [2.45, 2.75) is 52.6 Å². The highest BCUT2D eigenvalue weighted by molar-refractivity contribution is 5.89. The van der Waals surface area contributed by atoms with E-state index < -0.39 is 11.5 Å². The molecule has 0 spiro atoms. The molecule has 2 aliphatic rings. The van der Waals surface area contributed by atoms with Crippen molar-refractivity contribution in [1.82, 2.24) is 20.4 Å². The molecule has 7 heteroatoms. The Kier molecular flexibility index (Phi) is 5.85. The molecule has 1 unspecified atom stereocenters. The lowest BCUT2D eigenvalue weighted by Gasteiger charge is -2.36. The lowest BCUT2D eigenvalue weighted by atomic mass is 9.95. The summed E-state index contributed by atoms with van der Waals surface area (Å²) >= 11 is 0. The van der Waals surface area contributed by atoms with E-state index in [9.17, 15) is 14.4 Å². The lowest BCUT2D eigenvalue weighted by Crippen LogP contribution is -2.56. The van der Waals surface area contributed by atoms with Gasteiger partial charge < -0.3 is 15.5 Å². The van der Waals surface area contributed by atoms with Crippen molar-refractivity contribution in [2.75, 3.05) is 32.7 Å². The summed E-state index contributed by atoms with van der Waals surface area (Å²) in [5.74, 6) is -0.114. The molecule has 2 fully saturated rings. The number of hydrogen-bond donors (Lipinski definition) is 2. The smallest absolute Gasteiger partial charge is 0.244 e. The average Bonchev–Trinajstić information content (AvgIpc) is 3.30. The molecule has 1 heterocycles. The highest BCUT2D eigenvalue weighted by Gasteiger charge is 2.30. The molecular weight excluding hydrogens is 308 g/mol. The van der Waals surface area contributed by atoms with Gasteiger partial charge in [0.15, 0.2) is 0 Å². The number of carbonyl (C=O) groups excluding carboxylic acids is 3. The van der Waals surface area contributed by atoms with Crippen LogP contribution in [0.5, 0.6) is 0 Å². The first-order valence-electron chi connectivity index (χ1n) is 8.78. The fraction of sp³-hybridized carbons (Fsp3) is 0.824. The Morgan fingerprint density at radius 2 is 1.67 bits per heavy atom. The zero-order chi connectivity index (χ0) is 17.9. The first kappa shape index (κ1) is 18.7. The van der Waals surface area contributed by atoms with Gasteiger partial charge in [0.25, 0.3) is 0 Å². The second kappa shape index (κ2) is 7.51. The highest BCUT2D eigenvalue weighted by atomic mass is 16.2. The fourth-order valence-electron chi connectivity index (χ4n) is 2.58. The van der Waals surface area contributed by atoms with Crippen LogP contribution in [0.1, 0.15) is 40.5 Å². The van der Waals surface area contributed by atoms with E-state index in [-0.39, 0.29) is 17.7 Å². The minimum absolute atomic E-state index is 0.0605. The molecule has 1 aliphatic heterocycles. The highest BCUT2D eigenvalue weighted by Crippen LogP contribution is 2.18. The summed E-state index contributed by atoms with van der Waals surface area (Å²) in [6.07, 6.45) is 2.18. The van der Waals surface area contributed by atoms with E-state index in [0.717, 1.165) is 12.8 Å². The molecule has 0 bridgehead atoms. The third kappa shape index (κ3) is 5.47. The van der Waals surface area contributed by atoms with Crippen molar-refractivity contribution in [1.29, 1.82) is 0 Å². The lowest BCUT2D eigenvalue weighted by molar-refractivity contribution is -0.139. The summed E-state index contributed by atoms with van der Waals surface area (Å²) in [4.78, 5) is 40.1. The standard InChI is InChI=1S/C17H30N4O3/c1-12(18-16(24)17(2,3)4)15(23)21-9-7-20(8-10-21)11-14(22)19-13-5-6-13/h12-13H,5-11H2,1-4H3,(H,18,24)(H,19,22). The first-order chi connectivity index (χ1) is 11.2. The van der Waals surface area contributed by atoms with Gasteiger partial charge in [-0.05, 0) is 19.8 Å². The molecule has 3 amide bonds. The second-order valence-electron chi connectivity index (χ2n) is 7.89. The van der Waals surface area contributed by atoms with Gasteiger partial charge in [0.1, 0.15) is 6.04 Å². The second-order valence-corrected chi connectivity index (χ2v) is 7.89. The van der Waals surface area contributed by atoms with Gasteiger partial charge in [-0.2, -0.15) is 0 Å². The number of nitrogens with zero attached hydrogens (tertiary/aromatic N) is 2.